The summed E-state index contributed by atoms with van der Waals surface area (Å²) < 4.78 is 5.34. The Balaban J connectivity index is 1.92. The number of nitrogens with one attached hydrogen (secondary N) is 2. The molecule has 6 nitrogen and oxygen atoms in total. The third-order valence-electron chi connectivity index (χ3n) is 4.21. The van der Waals surface area contributed by atoms with Gasteiger partial charge in [-0.2, -0.15) is 0 Å². The Morgan fingerprint density at radius 3 is 2.83 bits per heavy atom. The van der Waals surface area contributed by atoms with Crippen LogP contribution >= 0.6 is 0 Å². The number of amides is 1. The minimum absolute atomic E-state index is 0.0844. The van der Waals surface area contributed by atoms with Gasteiger partial charge in [-0.25, -0.2) is 4.98 Å². The van der Waals surface area contributed by atoms with Crippen molar-refractivity contribution in [3.63, 3.8) is 0 Å². The van der Waals surface area contributed by atoms with Gasteiger partial charge in [0.25, 0.3) is 5.91 Å². The van der Waals surface area contributed by atoms with E-state index in [0.29, 0.717) is 11.4 Å². The standard InChI is InChI=1S/C17H28N4O2/c1-4-17(2,3)20-16(22)14-6-5-7-18-15(14)19-8-9-21-10-12-23-13-11-21/h5-7H,4,8-13H2,1-3H3,(H,18,19)(H,20,22). The number of rotatable bonds is 7. The Hall–Kier alpha value is -1.66. The number of carbonyl (C=O) groups is 1. The maximum Gasteiger partial charge on any atom is 0.255 e. The smallest absolute Gasteiger partial charge is 0.255 e. The van der Waals surface area contributed by atoms with Crippen molar-refractivity contribution in [2.75, 3.05) is 44.7 Å². The van der Waals surface area contributed by atoms with Crippen LogP contribution in [0.4, 0.5) is 5.82 Å². The van der Waals surface area contributed by atoms with Crippen molar-refractivity contribution in [3.05, 3.63) is 23.9 Å². The first-order chi connectivity index (χ1) is 11.0. The van der Waals surface area contributed by atoms with Gasteiger partial charge in [-0.05, 0) is 32.4 Å². The van der Waals surface area contributed by atoms with Crippen LogP contribution in [0.3, 0.4) is 0 Å². The highest BCUT2D eigenvalue weighted by atomic mass is 16.5. The molecule has 2 heterocycles. The second-order valence-electron chi connectivity index (χ2n) is 6.47. The number of aromatic nitrogens is 1. The summed E-state index contributed by atoms with van der Waals surface area (Å²) in [4.78, 5) is 19.2. The van der Waals surface area contributed by atoms with Crippen LogP contribution in [-0.4, -0.2) is 60.7 Å². The lowest BCUT2D eigenvalue weighted by atomic mass is 10.0. The molecule has 1 aromatic rings. The van der Waals surface area contributed by atoms with E-state index in [9.17, 15) is 4.79 Å². The highest BCUT2D eigenvalue weighted by Crippen LogP contribution is 2.14. The van der Waals surface area contributed by atoms with E-state index in [2.05, 4.69) is 27.4 Å². The highest BCUT2D eigenvalue weighted by Gasteiger charge is 2.21. The number of hydrogen-bond acceptors (Lipinski definition) is 5. The van der Waals surface area contributed by atoms with Crippen molar-refractivity contribution in [2.24, 2.45) is 0 Å². The van der Waals surface area contributed by atoms with E-state index in [1.54, 1.807) is 12.3 Å². The van der Waals surface area contributed by atoms with Crippen LogP contribution < -0.4 is 10.6 Å². The lowest BCUT2D eigenvalue weighted by Gasteiger charge is -2.27. The molecule has 1 aliphatic heterocycles. The van der Waals surface area contributed by atoms with Gasteiger partial charge in [0.2, 0.25) is 0 Å². The molecule has 1 saturated heterocycles. The van der Waals surface area contributed by atoms with E-state index in [-0.39, 0.29) is 11.4 Å². The Bertz CT molecular complexity index is 513. The molecule has 2 rings (SSSR count). The first-order valence-corrected chi connectivity index (χ1v) is 8.33. The fraction of sp³-hybridized carbons (Fsp3) is 0.647. The van der Waals surface area contributed by atoms with E-state index >= 15 is 0 Å². The third kappa shape index (κ3) is 5.48. The van der Waals surface area contributed by atoms with Gasteiger partial charge in [0.1, 0.15) is 5.82 Å². The van der Waals surface area contributed by atoms with E-state index in [0.717, 1.165) is 45.8 Å². The molecule has 0 unspecified atom stereocenters. The molecule has 23 heavy (non-hydrogen) atoms. The second-order valence-corrected chi connectivity index (χ2v) is 6.47. The largest absolute Gasteiger partial charge is 0.379 e. The Morgan fingerprint density at radius 1 is 1.39 bits per heavy atom. The van der Waals surface area contributed by atoms with Gasteiger partial charge in [-0.3, -0.25) is 9.69 Å². The van der Waals surface area contributed by atoms with E-state index in [1.165, 1.54) is 0 Å². The van der Waals surface area contributed by atoms with Gasteiger partial charge in [0.15, 0.2) is 0 Å². The van der Waals surface area contributed by atoms with Gasteiger partial charge < -0.3 is 15.4 Å². The van der Waals surface area contributed by atoms with Crippen LogP contribution in [0.15, 0.2) is 18.3 Å². The maximum absolute atomic E-state index is 12.5. The first kappa shape index (κ1) is 17.7. The molecular formula is C17H28N4O2. The summed E-state index contributed by atoms with van der Waals surface area (Å²) in [6, 6.07) is 3.60. The van der Waals surface area contributed by atoms with Crippen LogP contribution in [0.2, 0.25) is 0 Å². The van der Waals surface area contributed by atoms with Crippen molar-refractivity contribution in [3.8, 4) is 0 Å². The van der Waals surface area contributed by atoms with Gasteiger partial charge in [0, 0.05) is 37.9 Å². The molecule has 0 aromatic carbocycles. The topological polar surface area (TPSA) is 66.5 Å². The number of morpholine rings is 1. The minimum Gasteiger partial charge on any atom is -0.379 e. The number of anilines is 1. The number of hydrogen-bond donors (Lipinski definition) is 2. The van der Waals surface area contributed by atoms with Crippen molar-refractivity contribution in [1.82, 2.24) is 15.2 Å². The minimum atomic E-state index is -0.224. The summed E-state index contributed by atoms with van der Waals surface area (Å²) >= 11 is 0. The van der Waals surface area contributed by atoms with Crippen molar-refractivity contribution in [2.45, 2.75) is 32.7 Å². The number of ether oxygens (including phenoxy) is 1. The Kier molecular flexibility index (Phi) is 6.36. The van der Waals surface area contributed by atoms with E-state index in [4.69, 9.17) is 4.74 Å². The lowest BCUT2D eigenvalue weighted by molar-refractivity contribution is 0.0398. The monoisotopic (exact) mass is 320 g/mol. The van der Waals surface area contributed by atoms with Crippen LogP contribution in [0, 0.1) is 0 Å². The van der Waals surface area contributed by atoms with Gasteiger partial charge >= 0.3 is 0 Å². The van der Waals surface area contributed by atoms with Gasteiger partial charge in [-0.15, -0.1) is 0 Å². The van der Waals surface area contributed by atoms with Crippen LogP contribution in [0.1, 0.15) is 37.6 Å². The van der Waals surface area contributed by atoms with Gasteiger partial charge in [0.05, 0.1) is 18.8 Å². The van der Waals surface area contributed by atoms with Crippen molar-refractivity contribution in [1.29, 1.82) is 0 Å². The summed E-state index contributed by atoms with van der Waals surface area (Å²) in [5.41, 5.74) is 0.369. The lowest BCUT2D eigenvalue weighted by Crippen LogP contribution is -2.43. The predicted molar refractivity (Wildman–Crippen MR) is 91.8 cm³/mol. The number of pyridine rings is 1. The number of carbonyl (C=O) groups excluding carboxylic acids is 1. The predicted octanol–water partition coefficient (Wildman–Crippen LogP) is 1.74. The first-order valence-electron chi connectivity index (χ1n) is 8.33. The Labute approximate surface area is 138 Å². The normalized spacial score (nSPS) is 16.1. The molecule has 1 aliphatic rings. The molecule has 0 atom stereocenters. The molecule has 0 aliphatic carbocycles. The zero-order valence-electron chi connectivity index (χ0n) is 14.4. The molecular weight excluding hydrogens is 292 g/mol. The molecule has 0 radical (unpaired) electrons. The summed E-state index contributed by atoms with van der Waals surface area (Å²) in [5.74, 6) is 0.559. The summed E-state index contributed by atoms with van der Waals surface area (Å²) in [6.07, 6.45) is 2.58. The summed E-state index contributed by atoms with van der Waals surface area (Å²) in [7, 11) is 0. The summed E-state index contributed by atoms with van der Waals surface area (Å²) in [5, 5.41) is 6.35. The number of nitrogens with zero attached hydrogens (tertiary/aromatic N) is 2. The third-order valence-corrected chi connectivity index (χ3v) is 4.21. The SMILES string of the molecule is CCC(C)(C)NC(=O)c1cccnc1NCCN1CCOCC1. The zero-order chi connectivity index (χ0) is 16.7. The average molecular weight is 320 g/mol. The maximum atomic E-state index is 12.5. The average Bonchev–Trinajstić information content (AvgIpc) is 2.56. The van der Waals surface area contributed by atoms with Crippen LogP contribution in [-0.2, 0) is 4.74 Å². The quantitative estimate of drug-likeness (QED) is 0.801. The fourth-order valence-corrected chi connectivity index (χ4v) is 2.35. The molecule has 0 saturated carbocycles. The van der Waals surface area contributed by atoms with Crippen molar-refractivity contribution >= 4 is 11.7 Å². The van der Waals surface area contributed by atoms with Crippen LogP contribution in [0.25, 0.3) is 0 Å². The molecule has 6 heteroatoms. The zero-order valence-corrected chi connectivity index (χ0v) is 14.4. The van der Waals surface area contributed by atoms with Crippen LogP contribution in [0.5, 0.6) is 0 Å². The van der Waals surface area contributed by atoms with E-state index in [1.807, 2.05) is 19.9 Å². The molecule has 0 bridgehead atoms. The molecule has 0 spiro atoms. The molecule has 2 N–H and O–H groups in total. The van der Waals surface area contributed by atoms with E-state index < -0.39 is 0 Å². The Morgan fingerprint density at radius 2 is 2.13 bits per heavy atom. The van der Waals surface area contributed by atoms with Crippen molar-refractivity contribution < 1.29 is 9.53 Å². The fourth-order valence-electron chi connectivity index (χ4n) is 2.35. The molecule has 1 fully saturated rings. The van der Waals surface area contributed by atoms with Gasteiger partial charge in [-0.1, -0.05) is 6.92 Å². The second kappa shape index (κ2) is 8.26. The molecule has 1 aromatic heterocycles. The molecule has 128 valence electrons. The molecule has 1 amide bonds. The highest BCUT2D eigenvalue weighted by molar-refractivity contribution is 5.99. The summed E-state index contributed by atoms with van der Waals surface area (Å²) in [6.45, 7) is 11.3.